The Hall–Kier alpha value is -2.89. The summed E-state index contributed by atoms with van der Waals surface area (Å²) in [6, 6.07) is 9.35. The second-order valence-electron chi connectivity index (χ2n) is 5.93. The number of methoxy groups -OCH3 is 1. The molecule has 2 atom stereocenters. The quantitative estimate of drug-likeness (QED) is 0.449. The molecule has 0 aliphatic carbocycles. The zero-order valence-electron chi connectivity index (χ0n) is 13.9. The zero-order valence-corrected chi connectivity index (χ0v) is 13.9. The molecule has 0 radical (unpaired) electrons. The molecule has 2 unspecified atom stereocenters. The van der Waals surface area contributed by atoms with Crippen LogP contribution in [-0.4, -0.2) is 35.9 Å². The van der Waals surface area contributed by atoms with Gasteiger partial charge in [-0.3, -0.25) is 4.79 Å². The van der Waals surface area contributed by atoms with Crippen molar-refractivity contribution >= 4 is 17.8 Å². The van der Waals surface area contributed by atoms with E-state index in [1.54, 1.807) is 12.2 Å². The lowest BCUT2D eigenvalue weighted by Gasteiger charge is -2.43. The summed E-state index contributed by atoms with van der Waals surface area (Å²) in [6.07, 6.45) is 5.78. The smallest absolute Gasteiger partial charge is 0.355 e. The van der Waals surface area contributed by atoms with E-state index in [0.717, 1.165) is 5.56 Å². The molecule has 1 fully saturated rings. The number of hydrogen-bond donors (Lipinski definition) is 0. The van der Waals surface area contributed by atoms with E-state index in [1.807, 2.05) is 30.3 Å². The van der Waals surface area contributed by atoms with Crippen molar-refractivity contribution < 1.29 is 23.9 Å². The van der Waals surface area contributed by atoms with Crippen molar-refractivity contribution in [3.8, 4) is 0 Å². The molecule has 2 aliphatic rings. The van der Waals surface area contributed by atoms with E-state index in [4.69, 9.17) is 4.74 Å². The van der Waals surface area contributed by atoms with Crippen molar-refractivity contribution in [2.45, 2.75) is 25.5 Å². The number of nitrogens with zero attached hydrogens (tertiary/aromatic N) is 1. The molecule has 2 aliphatic heterocycles. The maximum absolute atomic E-state index is 12.3. The first-order valence-corrected chi connectivity index (χ1v) is 8.10. The van der Waals surface area contributed by atoms with Crippen LogP contribution in [-0.2, 0) is 30.5 Å². The van der Waals surface area contributed by atoms with Crippen LogP contribution >= 0.6 is 0 Å². The molecule has 2 heterocycles. The van der Waals surface area contributed by atoms with Crippen LogP contribution in [0.3, 0.4) is 0 Å². The number of ether oxygens (including phenoxy) is 2. The fraction of sp³-hybridized carbons (Fsp3) is 0.316. The van der Waals surface area contributed by atoms with Gasteiger partial charge in [0.1, 0.15) is 12.3 Å². The molecule has 130 valence electrons. The van der Waals surface area contributed by atoms with Gasteiger partial charge in [-0.25, -0.2) is 9.59 Å². The van der Waals surface area contributed by atoms with Gasteiger partial charge in [0.25, 0.3) is 0 Å². The maximum Gasteiger partial charge on any atom is 0.355 e. The predicted molar refractivity (Wildman–Crippen MR) is 88.8 cm³/mol. The van der Waals surface area contributed by atoms with Crippen molar-refractivity contribution in [2.24, 2.45) is 5.92 Å². The number of rotatable bonds is 6. The summed E-state index contributed by atoms with van der Waals surface area (Å²) in [5, 5.41) is 0. The van der Waals surface area contributed by atoms with Crippen molar-refractivity contribution in [2.75, 3.05) is 7.11 Å². The predicted octanol–water partition coefficient (Wildman–Crippen LogP) is 1.96. The van der Waals surface area contributed by atoms with Crippen LogP contribution in [0.2, 0.25) is 0 Å². The normalized spacial score (nSPS) is 21.6. The van der Waals surface area contributed by atoms with E-state index < -0.39 is 11.9 Å². The van der Waals surface area contributed by atoms with Gasteiger partial charge in [0.15, 0.2) is 0 Å². The van der Waals surface area contributed by atoms with Gasteiger partial charge in [0.05, 0.1) is 19.1 Å². The lowest BCUT2D eigenvalue weighted by molar-refractivity contribution is -0.157. The fourth-order valence-electron chi connectivity index (χ4n) is 3.12. The van der Waals surface area contributed by atoms with E-state index >= 15 is 0 Å². The highest BCUT2D eigenvalue weighted by molar-refractivity contribution is 5.99. The fourth-order valence-corrected chi connectivity index (χ4v) is 3.12. The summed E-state index contributed by atoms with van der Waals surface area (Å²) in [5.41, 5.74) is 1.21. The molecule has 0 spiro atoms. The molecular weight excluding hydrogens is 322 g/mol. The van der Waals surface area contributed by atoms with Gasteiger partial charge in [-0.2, -0.15) is 0 Å². The first-order valence-electron chi connectivity index (χ1n) is 8.10. The van der Waals surface area contributed by atoms with E-state index in [9.17, 15) is 14.4 Å². The van der Waals surface area contributed by atoms with E-state index in [-0.39, 0.29) is 24.5 Å². The zero-order chi connectivity index (χ0) is 17.8. The van der Waals surface area contributed by atoms with Crippen LogP contribution in [0.25, 0.3) is 0 Å². The minimum atomic E-state index is -0.483. The van der Waals surface area contributed by atoms with Crippen LogP contribution in [0.15, 0.2) is 54.3 Å². The number of carbonyl (C=O) groups excluding carboxylic acids is 3. The minimum absolute atomic E-state index is 0.0333. The molecule has 0 bridgehead atoms. The Labute approximate surface area is 145 Å². The van der Waals surface area contributed by atoms with Gasteiger partial charge >= 0.3 is 11.9 Å². The second kappa shape index (κ2) is 7.34. The van der Waals surface area contributed by atoms with E-state index in [1.165, 1.54) is 18.1 Å². The second-order valence-corrected chi connectivity index (χ2v) is 5.93. The first-order chi connectivity index (χ1) is 12.1. The number of benzene rings is 1. The van der Waals surface area contributed by atoms with Gasteiger partial charge in [-0.05, 0) is 18.4 Å². The highest BCUT2D eigenvalue weighted by atomic mass is 16.5. The van der Waals surface area contributed by atoms with E-state index in [2.05, 4.69) is 4.74 Å². The highest BCUT2D eigenvalue weighted by Gasteiger charge is 2.52. The number of fused-ring (bicyclic) bond motifs is 1. The van der Waals surface area contributed by atoms with Gasteiger partial charge in [0, 0.05) is 6.08 Å². The summed E-state index contributed by atoms with van der Waals surface area (Å²) in [5.74, 6) is -1.25. The Bertz CT molecular complexity index is 737. The average Bonchev–Trinajstić information content (AvgIpc) is 3.04. The highest BCUT2D eigenvalue weighted by Crippen LogP contribution is 2.40. The standard InChI is InChI=1S/C19H19NO5/c1-24-17(21)9-5-8-14-15-10-11-16(20(15)18(14)22)19(23)25-12-13-6-3-2-4-7-13/h2-7,9,11,14-15H,8,10,12H2,1H3/b9-5+. The third-order valence-corrected chi connectivity index (χ3v) is 4.43. The molecule has 1 amide bonds. The Balaban J connectivity index is 1.53. The Kier molecular flexibility index (Phi) is 4.97. The number of hydrogen-bond acceptors (Lipinski definition) is 5. The Morgan fingerprint density at radius 1 is 1.28 bits per heavy atom. The van der Waals surface area contributed by atoms with Crippen molar-refractivity contribution in [3.05, 3.63) is 59.8 Å². The largest absolute Gasteiger partial charge is 0.466 e. The summed E-state index contributed by atoms with van der Waals surface area (Å²) in [7, 11) is 1.30. The number of esters is 2. The molecule has 1 aromatic rings. The van der Waals surface area contributed by atoms with Gasteiger partial charge < -0.3 is 14.4 Å². The summed E-state index contributed by atoms with van der Waals surface area (Å²) >= 11 is 0. The lowest BCUT2D eigenvalue weighted by Crippen LogP contribution is -2.58. The van der Waals surface area contributed by atoms with E-state index in [0.29, 0.717) is 18.5 Å². The molecule has 0 N–H and O–H groups in total. The molecular formula is C19H19NO5. The van der Waals surface area contributed by atoms with Gasteiger partial charge in [-0.15, -0.1) is 0 Å². The van der Waals surface area contributed by atoms with Crippen molar-refractivity contribution in [3.63, 3.8) is 0 Å². The summed E-state index contributed by atoms with van der Waals surface area (Å²) in [4.78, 5) is 37.1. The molecule has 3 rings (SSSR count). The van der Waals surface area contributed by atoms with Crippen LogP contribution < -0.4 is 0 Å². The third kappa shape index (κ3) is 3.47. The minimum Gasteiger partial charge on any atom is -0.466 e. The average molecular weight is 341 g/mol. The van der Waals surface area contributed by atoms with Crippen molar-refractivity contribution in [1.29, 1.82) is 0 Å². The van der Waals surface area contributed by atoms with Crippen LogP contribution in [0.4, 0.5) is 0 Å². The monoisotopic (exact) mass is 341 g/mol. The molecule has 6 heteroatoms. The number of carbonyl (C=O) groups is 3. The Morgan fingerprint density at radius 3 is 2.76 bits per heavy atom. The molecule has 0 aromatic heterocycles. The number of β-lactam (4-membered cyclic amide) rings is 1. The Morgan fingerprint density at radius 2 is 2.04 bits per heavy atom. The van der Waals surface area contributed by atoms with Crippen molar-refractivity contribution in [1.82, 2.24) is 4.90 Å². The molecule has 1 saturated heterocycles. The van der Waals surface area contributed by atoms with Gasteiger partial charge in [0.2, 0.25) is 5.91 Å². The van der Waals surface area contributed by atoms with Crippen LogP contribution in [0.1, 0.15) is 18.4 Å². The van der Waals surface area contributed by atoms with Crippen LogP contribution in [0, 0.1) is 5.92 Å². The molecule has 1 aromatic carbocycles. The maximum atomic E-state index is 12.3. The van der Waals surface area contributed by atoms with Gasteiger partial charge in [-0.1, -0.05) is 42.5 Å². The third-order valence-electron chi connectivity index (χ3n) is 4.43. The summed E-state index contributed by atoms with van der Waals surface area (Å²) in [6.45, 7) is 0.176. The SMILES string of the molecule is COC(=O)/C=C/CC1C(=O)N2C(C(=O)OCc3ccccc3)=CCC12. The lowest BCUT2D eigenvalue weighted by atomic mass is 9.85. The molecule has 6 nitrogen and oxygen atoms in total. The molecule has 25 heavy (non-hydrogen) atoms. The number of amides is 1. The number of allylic oxidation sites excluding steroid dienone is 1. The first kappa shape index (κ1) is 17.0. The summed E-state index contributed by atoms with van der Waals surface area (Å²) < 4.78 is 9.82. The topological polar surface area (TPSA) is 72.9 Å². The molecule has 0 saturated carbocycles. The van der Waals surface area contributed by atoms with Crippen LogP contribution in [0.5, 0.6) is 0 Å².